The van der Waals surface area contributed by atoms with Crippen LogP contribution in [0.1, 0.15) is 6.42 Å². The van der Waals surface area contributed by atoms with E-state index in [0.717, 1.165) is 6.08 Å². The van der Waals surface area contributed by atoms with Crippen LogP contribution in [0.3, 0.4) is 0 Å². The lowest BCUT2D eigenvalue weighted by Crippen LogP contribution is -2.02. The Morgan fingerprint density at radius 2 is 2.00 bits per heavy atom. The fourth-order valence-electron chi connectivity index (χ4n) is 0.296. The van der Waals surface area contributed by atoms with Gasteiger partial charge in [0.1, 0.15) is 0 Å². The zero-order valence-corrected chi connectivity index (χ0v) is 8.57. The minimum Gasteiger partial charge on any atom is -0.481 e. The summed E-state index contributed by atoms with van der Waals surface area (Å²) in [7, 11) is 0. The smallest absolute Gasteiger partial charge is 0.330 e. The fraction of sp³-hybridized carbons (Fsp3) is 0.500. The van der Waals surface area contributed by atoms with Crippen molar-refractivity contribution in [1.82, 2.24) is 0 Å². The van der Waals surface area contributed by atoms with Gasteiger partial charge in [-0.2, -0.15) is 12.6 Å². The number of carboxylic acids is 1. The van der Waals surface area contributed by atoms with E-state index in [2.05, 4.69) is 23.9 Å². The second kappa shape index (κ2) is 12.0. The molecule has 0 heterocycles. The molecule has 0 fully saturated rings. The van der Waals surface area contributed by atoms with Gasteiger partial charge in [0.25, 0.3) is 0 Å². The lowest BCUT2D eigenvalue weighted by Gasteiger charge is -1.96. The molecule has 0 aromatic rings. The van der Waals surface area contributed by atoms with Crippen LogP contribution in [0.25, 0.3) is 0 Å². The number of rotatable bonds is 5. The molecule has 0 spiro atoms. The summed E-state index contributed by atoms with van der Waals surface area (Å²) in [4.78, 5) is 19.6. The SMILES string of the molecule is C=CC(=O)OCCCO.O=C(O)CS. The van der Waals surface area contributed by atoms with Crippen LogP contribution in [0.15, 0.2) is 12.7 Å². The first kappa shape index (κ1) is 15.5. The van der Waals surface area contributed by atoms with Gasteiger partial charge in [-0.3, -0.25) is 4.79 Å². The summed E-state index contributed by atoms with van der Waals surface area (Å²) >= 11 is 3.42. The highest BCUT2D eigenvalue weighted by Gasteiger charge is 1.91. The molecule has 0 atom stereocenters. The number of carboxylic acid groups (broad SMARTS) is 1. The van der Waals surface area contributed by atoms with Gasteiger partial charge in [0.15, 0.2) is 0 Å². The molecule has 0 rings (SSSR count). The van der Waals surface area contributed by atoms with Crippen LogP contribution < -0.4 is 0 Å². The molecule has 6 heteroatoms. The molecule has 0 aliphatic carbocycles. The van der Waals surface area contributed by atoms with Crippen molar-refractivity contribution in [3.8, 4) is 0 Å². The largest absolute Gasteiger partial charge is 0.481 e. The quantitative estimate of drug-likeness (QED) is 0.266. The summed E-state index contributed by atoms with van der Waals surface area (Å²) in [6.07, 6.45) is 1.58. The molecule has 2 N–H and O–H groups in total. The first-order valence-corrected chi connectivity index (χ1v) is 4.44. The van der Waals surface area contributed by atoms with E-state index >= 15 is 0 Å². The van der Waals surface area contributed by atoms with Gasteiger partial charge in [-0.05, 0) is 0 Å². The van der Waals surface area contributed by atoms with E-state index in [-0.39, 0.29) is 19.0 Å². The summed E-state index contributed by atoms with van der Waals surface area (Å²) in [6, 6.07) is 0. The van der Waals surface area contributed by atoms with Crippen LogP contribution in [-0.2, 0) is 14.3 Å². The van der Waals surface area contributed by atoms with Crippen molar-refractivity contribution in [2.45, 2.75) is 6.42 Å². The second-order valence-corrected chi connectivity index (χ2v) is 2.32. The Labute approximate surface area is 87.8 Å². The minimum absolute atomic E-state index is 0.0461. The molecule has 0 saturated carbocycles. The molecule has 0 radical (unpaired) electrons. The fourth-order valence-corrected chi connectivity index (χ4v) is 0.296. The number of carbonyl (C=O) groups excluding carboxylic acids is 1. The van der Waals surface area contributed by atoms with E-state index in [1.54, 1.807) is 0 Å². The summed E-state index contributed by atoms with van der Waals surface area (Å²) < 4.78 is 4.51. The van der Waals surface area contributed by atoms with Crippen molar-refractivity contribution < 1.29 is 24.5 Å². The van der Waals surface area contributed by atoms with Crippen molar-refractivity contribution in [3.05, 3.63) is 12.7 Å². The van der Waals surface area contributed by atoms with Gasteiger partial charge in [0.2, 0.25) is 0 Å². The van der Waals surface area contributed by atoms with Crippen molar-refractivity contribution in [1.29, 1.82) is 0 Å². The molecular formula is C8H14O5S. The van der Waals surface area contributed by atoms with Gasteiger partial charge in [0, 0.05) is 19.1 Å². The van der Waals surface area contributed by atoms with Gasteiger partial charge < -0.3 is 14.9 Å². The second-order valence-electron chi connectivity index (χ2n) is 2.00. The van der Waals surface area contributed by atoms with E-state index < -0.39 is 11.9 Å². The molecule has 0 bridgehead atoms. The number of hydrogen-bond acceptors (Lipinski definition) is 5. The molecule has 0 aliphatic rings. The molecule has 0 aromatic heterocycles. The highest BCUT2D eigenvalue weighted by molar-refractivity contribution is 7.81. The number of aliphatic hydroxyl groups excluding tert-OH is 1. The van der Waals surface area contributed by atoms with E-state index in [1.165, 1.54) is 0 Å². The number of carbonyl (C=O) groups is 2. The van der Waals surface area contributed by atoms with Crippen molar-refractivity contribution in [3.63, 3.8) is 0 Å². The normalized spacial score (nSPS) is 8.14. The van der Waals surface area contributed by atoms with Crippen LogP contribution in [0.5, 0.6) is 0 Å². The predicted octanol–water partition coefficient (Wildman–Crippen LogP) is 0.0988. The maximum atomic E-state index is 10.3. The van der Waals surface area contributed by atoms with Gasteiger partial charge in [0.05, 0.1) is 12.4 Å². The predicted molar refractivity (Wildman–Crippen MR) is 54.3 cm³/mol. The summed E-state index contributed by atoms with van der Waals surface area (Å²) in [5, 5.41) is 15.9. The number of aliphatic carboxylic acids is 1. The number of thiol groups is 1. The Kier molecular flexibility index (Phi) is 13.2. The number of ether oxygens (including phenoxy) is 1. The molecule has 5 nitrogen and oxygen atoms in total. The number of hydrogen-bond donors (Lipinski definition) is 3. The molecule has 0 aromatic carbocycles. The van der Waals surface area contributed by atoms with Gasteiger partial charge in [-0.1, -0.05) is 6.58 Å². The highest BCUT2D eigenvalue weighted by atomic mass is 32.1. The standard InChI is InChI=1S/C6H10O3.C2H4O2S/c1-2-6(8)9-5-3-4-7;3-2(4)1-5/h2,7H,1,3-5H2;5H,1H2,(H,3,4). The monoisotopic (exact) mass is 222 g/mol. The molecule has 0 unspecified atom stereocenters. The van der Waals surface area contributed by atoms with Crippen LogP contribution in [0.2, 0.25) is 0 Å². The Balaban J connectivity index is 0. The molecule has 0 aliphatic heterocycles. The van der Waals surface area contributed by atoms with Gasteiger partial charge in [-0.25, -0.2) is 4.79 Å². The lowest BCUT2D eigenvalue weighted by molar-refractivity contribution is -0.138. The van der Waals surface area contributed by atoms with E-state index in [9.17, 15) is 9.59 Å². The highest BCUT2D eigenvalue weighted by Crippen LogP contribution is 1.82. The van der Waals surface area contributed by atoms with Crippen molar-refractivity contribution in [2.75, 3.05) is 19.0 Å². The summed E-state index contributed by atoms with van der Waals surface area (Å²) in [5.41, 5.74) is 0. The van der Waals surface area contributed by atoms with Gasteiger partial charge in [-0.15, -0.1) is 0 Å². The van der Waals surface area contributed by atoms with E-state index in [4.69, 9.17) is 10.2 Å². The molecule has 0 amide bonds. The van der Waals surface area contributed by atoms with E-state index in [0.29, 0.717) is 6.42 Å². The summed E-state index contributed by atoms with van der Waals surface area (Å²) in [6.45, 7) is 3.51. The molecule has 0 saturated heterocycles. The van der Waals surface area contributed by atoms with Gasteiger partial charge >= 0.3 is 11.9 Å². The van der Waals surface area contributed by atoms with Crippen LogP contribution in [-0.4, -0.2) is 41.1 Å². The Hall–Kier alpha value is -1.01. The minimum atomic E-state index is -0.881. The Morgan fingerprint density at radius 1 is 1.50 bits per heavy atom. The lowest BCUT2D eigenvalue weighted by atomic mass is 10.5. The zero-order chi connectivity index (χ0) is 11.4. The first-order chi connectivity index (χ1) is 6.58. The van der Waals surface area contributed by atoms with Crippen molar-refractivity contribution >= 4 is 24.6 Å². The average Bonchev–Trinajstić information content (AvgIpc) is 2.19. The van der Waals surface area contributed by atoms with Crippen molar-refractivity contribution in [2.24, 2.45) is 0 Å². The number of aliphatic hydroxyl groups is 1. The Morgan fingerprint density at radius 3 is 2.29 bits per heavy atom. The molecular weight excluding hydrogens is 208 g/mol. The third-order valence-corrected chi connectivity index (χ3v) is 1.12. The first-order valence-electron chi connectivity index (χ1n) is 3.81. The Bertz CT molecular complexity index is 181. The van der Waals surface area contributed by atoms with Crippen LogP contribution in [0.4, 0.5) is 0 Å². The third-order valence-electron chi connectivity index (χ3n) is 0.849. The van der Waals surface area contributed by atoms with E-state index in [1.807, 2.05) is 0 Å². The maximum Gasteiger partial charge on any atom is 0.330 e. The summed E-state index contributed by atoms with van der Waals surface area (Å²) in [5.74, 6) is -1.41. The molecule has 14 heavy (non-hydrogen) atoms. The average molecular weight is 222 g/mol. The zero-order valence-electron chi connectivity index (χ0n) is 7.68. The number of esters is 1. The maximum absolute atomic E-state index is 10.3. The third kappa shape index (κ3) is 17.2. The molecule has 82 valence electrons. The van der Waals surface area contributed by atoms with Crippen LogP contribution in [0, 0.1) is 0 Å². The topological polar surface area (TPSA) is 83.8 Å². The van der Waals surface area contributed by atoms with Crippen LogP contribution >= 0.6 is 12.6 Å².